The number of rotatable bonds is 5. The van der Waals surface area contributed by atoms with Gasteiger partial charge in [-0.1, -0.05) is 62.4 Å². The largest absolute Gasteiger partial charge is 0.489 e. The van der Waals surface area contributed by atoms with Crippen LogP contribution in [0.15, 0.2) is 72.5 Å². The number of hydrogen-bond acceptors (Lipinski definition) is 3. The molecule has 4 rings (SSSR count). The normalized spacial score (nSPS) is 14.2. The first-order chi connectivity index (χ1) is 14.0. The number of aryl methyl sites for hydroxylation is 1. The predicted molar refractivity (Wildman–Crippen MR) is 115 cm³/mol. The van der Waals surface area contributed by atoms with Crippen LogP contribution in [0.2, 0.25) is 0 Å². The molecule has 0 saturated heterocycles. The molecule has 0 amide bonds. The average molecular weight is 384 g/mol. The molecule has 1 heterocycles. The second kappa shape index (κ2) is 7.96. The summed E-state index contributed by atoms with van der Waals surface area (Å²) in [7, 11) is 0. The van der Waals surface area contributed by atoms with Crippen molar-refractivity contribution in [2.24, 2.45) is 0 Å². The molecule has 3 aromatic rings. The highest BCUT2D eigenvalue weighted by molar-refractivity contribution is 6.14. The van der Waals surface area contributed by atoms with Gasteiger partial charge in [-0.05, 0) is 53.3 Å². The number of ether oxygens (including phenoxy) is 2. The standard InChI is InChI=1S/C26H24O3/c1-17(2)20-10-8-19(9-11-20)14-25-26(27)23-13-12-22(15-24(23)29-25)28-16-21-7-5-4-6-18(21)3/h4-15,17H,16H2,1-3H3/b25-14-. The fraction of sp³-hybridized carbons (Fsp3) is 0.192. The zero-order chi connectivity index (χ0) is 20.4. The van der Waals surface area contributed by atoms with Crippen LogP contribution in [0.5, 0.6) is 11.5 Å². The summed E-state index contributed by atoms with van der Waals surface area (Å²) in [4.78, 5) is 12.7. The molecule has 0 unspecified atom stereocenters. The maximum Gasteiger partial charge on any atom is 0.231 e. The Morgan fingerprint density at radius 2 is 1.76 bits per heavy atom. The first-order valence-corrected chi connectivity index (χ1v) is 9.87. The molecule has 3 nitrogen and oxygen atoms in total. The fourth-order valence-corrected chi connectivity index (χ4v) is 3.32. The molecule has 0 N–H and O–H groups in total. The number of Topliss-reactive ketones (excluding diaryl/α,β-unsaturated/α-hetero) is 1. The van der Waals surface area contributed by atoms with Gasteiger partial charge in [-0.3, -0.25) is 4.79 Å². The van der Waals surface area contributed by atoms with E-state index < -0.39 is 0 Å². The predicted octanol–water partition coefficient (Wildman–Crippen LogP) is 6.31. The molecule has 0 atom stereocenters. The number of allylic oxidation sites excluding steroid dienone is 1. The Balaban J connectivity index is 1.50. The maximum atomic E-state index is 12.7. The fourth-order valence-electron chi connectivity index (χ4n) is 3.32. The summed E-state index contributed by atoms with van der Waals surface area (Å²) in [5, 5.41) is 0. The molecule has 0 bridgehead atoms. The van der Waals surface area contributed by atoms with Crippen molar-refractivity contribution in [3.63, 3.8) is 0 Å². The van der Waals surface area contributed by atoms with Crippen LogP contribution in [0.25, 0.3) is 6.08 Å². The number of ketones is 1. The minimum absolute atomic E-state index is 0.0987. The zero-order valence-electron chi connectivity index (χ0n) is 16.9. The van der Waals surface area contributed by atoms with Gasteiger partial charge in [-0.2, -0.15) is 0 Å². The Morgan fingerprint density at radius 3 is 2.48 bits per heavy atom. The van der Waals surface area contributed by atoms with Crippen molar-refractivity contribution in [1.29, 1.82) is 0 Å². The molecule has 3 heteroatoms. The summed E-state index contributed by atoms with van der Waals surface area (Å²) in [5.74, 6) is 1.94. The van der Waals surface area contributed by atoms with E-state index in [-0.39, 0.29) is 5.78 Å². The van der Waals surface area contributed by atoms with E-state index in [2.05, 4.69) is 39.0 Å². The van der Waals surface area contributed by atoms with Gasteiger partial charge in [0.25, 0.3) is 0 Å². The van der Waals surface area contributed by atoms with Crippen LogP contribution in [-0.4, -0.2) is 5.78 Å². The average Bonchev–Trinajstić information content (AvgIpc) is 3.02. The van der Waals surface area contributed by atoms with Crippen LogP contribution >= 0.6 is 0 Å². The molecular formula is C26H24O3. The molecule has 1 aliphatic heterocycles. The van der Waals surface area contributed by atoms with E-state index in [0.717, 1.165) is 11.1 Å². The number of benzene rings is 3. The minimum Gasteiger partial charge on any atom is -0.489 e. The van der Waals surface area contributed by atoms with Gasteiger partial charge in [0, 0.05) is 6.07 Å². The van der Waals surface area contributed by atoms with Crippen LogP contribution in [0.1, 0.15) is 52.4 Å². The molecular weight excluding hydrogens is 360 g/mol. The van der Waals surface area contributed by atoms with Crippen LogP contribution < -0.4 is 9.47 Å². The number of carbonyl (C=O) groups excluding carboxylic acids is 1. The third-order valence-electron chi connectivity index (χ3n) is 5.20. The molecule has 3 aromatic carbocycles. The lowest BCUT2D eigenvalue weighted by Crippen LogP contribution is -1.98. The van der Waals surface area contributed by atoms with E-state index in [1.165, 1.54) is 11.1 Å². The minimum atomic E-state index is -0.0987. The highest BCUT2D eigenvalue weighted by Crippen LogP contribution is 2.35. The molecule has 1 aliphatic rings. The summed E-state index contributed by atoms with van der Waals surface area (Å²) < 4.78 is 11.8. The van der Waals surface area contributed by atoms with E-state index in [1.807, 2.05) is 36.4 Å². The van der Waals surface area contributed by atoms with E-state index >= 15 is 0 Å². The first-order valence-electron chi connectivity index (χ1n) is 9.87. The van der Waals surface area contributed by atoms with Gasteiger partial charge in [0.2, 0.25) is 5.78 Å². The second-order valence-corrected chi connectivity index (χ2v) is 7.63. The second-order valence-electron chi connectivity index (χ2n) is 7.63. The third-order valence-corrected chi connectivity index (χ3v) is 5.20. The molecule has 0 aromatic heterocycles. The molecule has 0 fully saturated rings. The SMILES string of the molecule is Cc1ccccc1COc1ccc2c(c1)O/C(=C\c1ccc(C(C)C)cc1)C2=O. The number of fused-ring (bicyclic) bond motifs is 1. The Bertz CT molecular complexity index is 1080. The summed E-state index contributed by atoms with van der Waals surface area (Å²) in [6.07, 6.45) is 1.79. The summed E-state index contributed by atoms with van der Waals surface area (Å²) in [6.45, 7) is 6.86. The molecule has 0 aliphatic carbocycles. The van der Waals surface area contributed by atoms with Crippen molar-refractivity contribution < 1.29 is 14.3 Å². The Kier molecular flexibility index (Phi) is 5.22. The highest BCUT2D eigenvalue weighted by Gasteiger charge is 2.27. The van der Waals surface area contributed by atoms with Gasteiger partial charge in [-0.15, -0.1) is 0 Å². The Hall–Kier alpha value is -3.33. The first kappa shape index (κ1) is 19.0. The molecule has 29 heavy (non-hydrogen) atoms. The Labute approximate surface area is 171 Å². The molecule has 0 saturated carbocycles. The zero-order valence-corrected chi connectivity index (χ0v) is 16.9. The molecule has 146 valence electrons. The summed E-state index contributed by atoms with van der Waals surface area (Å²) in [5.41, 5.74) is 5.11. The monoisotopic (exact) mass is 384 g/mol. The van der Waals surface area contributed by atoms with E-state index in [9.17, 15) is 4.79 Å². The lowest BCUT2D eigenvalue weighted by atomic mass is 10.0. The smallest absolute Gasteiger partial charge is 0.231 e. The van der Waals surface area contributed by atoms with Crippen molar-refractivity contribution >= 4 is 11.9 Å². The van der Waals surface area contributed by atoms with Crippen molar-refractivity contribution in [2.45, 2.75) is 33.3 Å². The maximum absolute atomic E-state index is 12.7. The van der Waals surface area contributed by atoms with Gasteiger partial charge < -0.3 is 9.47 Å². The van der Waals surface area contributed by atoms with Crippen LogP contribution in [-0.2, 0) is 6.61 Å². The summed E-state index contributed by atoms with van der Waals surface area (Å²) >= 11 is 0. The van der Waals surface area contributed by atoms with E-state index in [1.54, 1.807) is 18.2 Å². The van der Waals surface area contributed by atoms with Gasteiger partial charge in [0.05, 0.1) is 5.56 Å². The van der Waals surface area contributed by atoms with Gasteiger partial charge in [0.15, 0.2) is 5.76 Å². The van der Waals surface area contributed by atoms with E-state index in [4.69, 9.17) is 9.47 Å². The lowest BCUT2D eigenvalue weighted by Gasteiger charge is -2.09. The van der Waals surface area contributed by atoms with Crippen molar-refractivity contribution in [3.05, 3.63) is 100 Å². The molecule has 0 radical (unpaired) electrons. The van der Waals surface area contributed by atoms with E-state index in [0.29, 0.717) is 35.3 Å². The van der Waals surface area contributed by atoms with Gasteiger partial charge in [-0.25, -0.2) is 0 Å². The van der Waals surface area contributed by atoms with Crippen molar-refractivity contribution in [3.8, 4) is 11.5 Å². The summed E-state index contributed by atoms with van der Waals surface area (Å²) in [6, 6.07) is 21.7. The third kappa shape index (κ3) is 4.09. The topological polar surface area (TPSA) is 35.5 Å². The quantitative estimate of drug-likeness (QED) is 0.483. The van der Waals surface area contributed by atoms with Crippen LogP contribution in [0.4, 0.5) is 0 Å². The van der Waals surface area contributed by atoms with Gasteiger partial charge >= 0.3 is 0 Å². The number of carbonyl (C=O) groups is 1. The van der Waals surface area contributed by atoms with Crippen molar-refractivity contribution in [1.82, 2.24) is 0 Å². The van der Waals surface area contributed by atoms with Crippen molar-refractivity contribution in [2.75, 3.05) is 0 Å². The lowest BCUT2D eigenvalue weighted by molar-refractivity contribution is 0.101. The Morgan fingerprint density at radius 1 is 1.00 bits per heavy atom. The van der Waals surface area contributed by atoms with Crippen LogP contribution in [0, 0.1) is 6.92 Å². The number of hydrogen-bond donors (Lipinski definition) is 0. The van der Waals surface area contributed by atoms with Gasteiger partial charge in [0.1, 0.15) is 18.1 Å². The van der Waals surface area contributed by atoms with Crippen LogP contribution in [0.3, 0.4) is 0 Å². The molecule has 0 spiro atoms. The highest BCUT2D eigenvalue weighted by atomic mass is 16.5.